The van der Waals surface area contributed by atoms with Crippen molar-refractivity contribution >= 4 is 5.91 Å². The van der Waals surface area contributed by atoms with Crippen LogP contribution < -0.4 is 5.32 Å². The molecular formula is C14H24N4O. The Morgan fingerprint density at radius 2 is 2.00 bits per heavy atom. The average molecular weight is 264 g/mol. The Balaban J connectivity index is 1.96. The number of amides is 1. The highest BCUT2D eigenvalue weighted by Crippen LogP contribution is 2.17. The molecule has 2 unspecified atom stereocenters. The first kappa shape index (κ1) is 14.1. The topological polar surface area (TPSA) is 50.2 Å². The van der Waals surface area contributed by atoms with Crippen molar-refractivity contribution in [2.75, 3.05) is 13.1 Å². The van der Waals surface area contributed by atoms with E-state index in [0.717, 1.165) is 37.2 Å². The van der Waals surface area contributed by atoms with E-state index in [2.05, 4.69) is 17.3 Å². The van der Waals surface area contributed by atoms with Gasteiger partial charge in [0.15, 0.2) is 0 Å². The van der Waals surface area contributed by atoms with Crippen molar-refractivity contribution in [3.8, 4) is 0 Å². The maximum Gasteiger partial charge on any atom is 0.239 e. The number of rotatable bonds is 4. The predicted octanol–water partition coefficient (Wildman–Crippen LogP) is 1.39. The van der Waals surface area contributed by atoms with Gasteiger partial charge < -0.3 is 4.90 Å². The molecular weight excluding hydrogens is 240 g/mol. The maximum absolute atomic E-state index is 12.2. The molecule has 0 saturated carbocycles. The van der Waals surface area contributed by atoms with Gasteiger partial charge in [0.25, 0.3) is 0 Å². The molecule has 19 heavy (non-hydrogen) atoms. The Morgan fingerprint density at radius 3 is 2.53 bits per heavy atom. The van der Waals surface area contributed by atoms with E-state index in [0.29, 0.717) is 0 Å². The van der Waals surface area contributed by atoms with Crippen molar-refractivity contribution in [3.05, 3.63) is 17.5 Å². The van der Waals surface area contributed by atoms with Gasteiger partial charge >= 0.3 is 0 Å². The first-order valence-electron chi connectivity index (χ1n) is 7.04. The molecule has 5 heteroatoms. The fourth-order valence-electron chi connectivity index (χ4n) is 2.79. The molecule has 1 aromatic heterocycles. The van der Waals surface area contributed by atoms with Crippen LogP contribution in [-0.2, 0) is 11.8 Å². The second kappa shape index (κ2) is 5.74. The van der Waals surface area contributed by atoms with Crippen molar-refractivity contribution < 1.29 is 4.79 Å². The summed E-state index contributed by atoms with van der Waals surface area (Å²) in [6.07, 6.45) is 4.28. The molecule has 1 aromatic rings. The van der Waals surface area contributed by atoms with Crippen LogP contribution in [0.1, 0.15) is 44.0 Å². The van der Waals surface area contributed by atoms with Crippen molar-refractivity contribution in [2.45, 2.75) is 45.7 Å². The highest BCUT2D eigenvalue weighted by molar-refractivity contribution is 5.81. The van der Waals surface area contributed by atoms with Crippen LogP contribution in [0, 0.1) is 6.92 Å². The third kappa shape index (κ3) is 3.15. The fourth-order valence-corrected chi connectivity index (χ4v) is 2.79. The molecule has 1 aliphatic rings. The van der Waals surface area contributed by atoms with Gasteiger partial charge in [-0.05, 0) is 33.6 Å². The van der Waals surface area contributed by atoms with Gasteiger partial charge in [0.05, 0.1) is 11.7 Å². The number of likely N-dealkylation sites (tertiary alicyclic amines) is 1. The summed E-state index contributed by atoms with van der Waals surface area (Å²) in [4.78, 5) is 14.2. The van der Waals surface area contributed by atoms with Crippen molar-refractivity contribution in [3.63, 3.8) is 0 Å². The Kier molecular flexibility index (Phi) is 4.24. The molecule has 1 fully saturated rings. The third-order valence-corrected chi connectivity index (χ3v) is 3.81. The first-order chi connectivity index (χ1) is 8.99. The van der Waals surface area contributed by atoms with E-state index in [1.165, 1.54) is 0 Å². The largest absolute Gasteiger partial charge is 0.341 e. The summed E-state index contributed by atoms with van der Waals surface area (Å²) in [5.74, 6) is 0.214. The smallest absolute Gasteiger partial charge is 0.239 e. The highest BCUT2D eigenvalue weighted by atomic mass is 16.2. The molecule has 0 aromatic carbocycles. The van der Waals surface area contributed by atoms with Crippen LogP contribution in [0.25, 0.3) is 0 Å². The second-order valence-electron chi connectivity index (χ2n) is 5.49. The number of hydrogen-bond donors (Lipinski definition) is 1. The number of hydrogen-bond acceptors (Lipinski definition) is 3. The number of carbonyl (C=O) groups is 1. The molecule has 1 aliphatic heterocycles. The summed E-state index contributed by atoms with van der Waals surface area (Å²) < 4.78 is 1.82. The van der Waals surface area contributed by atoms with Crippen LogP contribution in [0.15, 0.2) is 6.20 Å². The van der Waals surface area contributed by atoms with E-state index in [1.807, 2.05) is 36.7 Å². The predicted molar refractivity (Wildman–Crippen MR) is 74.8 cm³/mol. The van der Waals surface area contributed by atoms with E-state index in [9.17, 15) is 4.79 Å². The summed E-state index contributed by atoms with van der Waals surface area (Å²) in [6, 6.07) is -0.0111. The molecule has 2 rings (SSSR count). The van der Waals surface area contributed by atoms with Crippen molar-refractivity contribution in [1.82, 2.24) is 20.0 Å². The van der Waals surface area contributed by atoms with Gasteiger partial charge in [-0.15, -0.1) is 0 Å². The van der Waals surface area contributed by atoms with Crippen LogP contribution in [0.4, 0.5) is 0 Å². The minimum absolute atomic E-state index is 0.134. The molecule has 1 amide bonds. The number of nitrogens with zero attached hydrogens (tertiary/aromatic N) is 3. The van der Waals surface area contributed by atoms with Crippen LogP contribution >= 0.6 is 0 Å². The Hall–Kier alpha value is -1.36. The molecule has 0 radical (unpaired) electrons. The van der Waals surface area contributed by atoms with Gasteiger partial charge in [0, 0.05) is 37.9 Å². The van der Waals surface area contributed by atoms with Gasteiger partial charge in [-0.1, -0.05) is 0 Å². The molecule has 0 spiro atoms. The molecule has 1 saturated heterocycles. The van der Waals surface area contributed by atoms with E-state index < -0.39 is 0 Å². The fraction of sp³-hybridized carbons (Fsp3) is 0.714. The number of nitrogens with one attached hydrogen (secondary N) is 1. The molecule has 0 bridgehead atoms. The molecule has 5 nitrogen and oxygen atoms in total. The minimum Gasteiger partial charge on any atom is -0.341 e. The summed E-state index contributed by atoms with van der Waals surface area (Å²) in [7, 11) is 1.92. The lowest BCUT2D eigenvalue weighted by Gasteiger charge is -2.24. The maximum atomic E-state index is 12.2. The van der Waals surface area contributed by atoms with E-state index in [1.54, 1.807) is 0 Å². The first-order valence-corrected chi connectivity index (χ1v) is 7.04. The summed E-state index contributed by atoms with van der Waals surface area (Å²) in [5.41, 5.74) is 2.17. The molecule has 0 aliphatic carbocycles. The van der Waals surface area contributed by atoms with Gasteiger partial charge in [-0.25, -0.2) is 0 Å². The Bertz CT molecular complexity index is 448. The highest BCUT2D eigenvalue weighted by Gasteiger charge is 2.25. The lowest BCUT2D eigenvalue weighted by atomic mass is 10.1. The zero-order chi connectivity index (χ0) is 14.0. The lowest BCUT2D eigenvalue weighted by Crippen LogP contribution is -2.44. The van der Waals surface area contributed by atoms with E-state index >= 15 is 0 Å². The normalized spacial score (nSPS) is 18.6. The van der Waals surface area contributed by atoms with Crippen LogP contribution in [0.3, 0.4) is 0 Å². The zero-order valence-corrected chi connectivity index (χ0v) is 12.3. The second-order valence-corrected chi connectivity index (χ2v) is 5.49. The standard InChI is InChI=1S/C14H24N4O/c1-10(13-9-17(4)16-11(13)2)15-12(3)14(19)18-7-5-6-8-18/h9-10,12,15H,5-8H2,1-4H3. The van der Waals surface area contributed by atoms with Gasteiger partial charge in [-0.3, -0.25) is 14.8 Å². The quantitative estimate of drug-likeness (QED) is 0.894. The lowest BCUT2D eigenvalue weighted by molar-refractivity contribution is -0.132. The molecule has 2 atom stereocenters. The van der Waals surface area contributed by atoms with Crippen LogP contribution in [-0.4, -0.2) is 39.7 Å². The third-order valence-electron chi connectivity index (χ3n) is 3.81. The minimum atomic E-state index is -0.146. The van der Waals surface area contributed by atoms with E-state index in [-0.39, 0.29) is 18.0 Å². The van der Waals surface area contributed by atoms with Crippen LogP contribution in [0.2, 0.25) is 0 Å². The molecule has 2 heterocycles. The van der Waals surface area contributed by atoms with Crippen molar-refractivity contribution in [1.29, 1.82) is 0 Å². The molecule has 106 valence electrons. The molecule has 1 N–H and O–H groups in total. The summed E-state index contributed by atoms with van der Waals surface area (Å²) in [5, 5.41) is 7.73. The van der Waals surface area contributed by atoms with Gasteiger partial charge in [0.1, 0.15) is 0 Å². The monoisotopic (exact) mass is 264 g/mol. The number of aryl methyl sites for hydroxylation is 2. The zero-order valence-electron chi connectivity index (χ0n) is 12.3. The summed E-state index contributed by atoms with van der Waals surface area (Å²) in [6.45, 7) is 7.84. The number of carbonyl (C=O) groups excluding carboxylic acids is 1. The Labute approximate surface area is 115 Å². The SMILES string of the molecule is Cc1nn(C)cc1C(C)NC(C)C(=O)N1CCCC1. The average Bonchev–Trinajstić information content (AvgIpc) is 2.97. The summed E-state index contributed by atoms with van der Waals surface area (Å²) >= 11 is 0. The van der Waals surface area contributed by atoms with Crippen molar-refractivity contribution in [2.24, 2.45) is 7.05 Å². The number of aromatic nitrogens is 2. The Morgan fingerprint density at radius 1 is 1.37 bits per heavy atom. The van der Waals surface area contributed by atoms with Gasteiger partial charge in [-0.2, -0.15) is 5.10 Å². The van der Waals surface area contributed by atoms with Gasteiger partial charge in [0.2, 0.25) is 5.91 Å². The van der Waals surface area contributed by atoms with E-state index in [4.69, 9.17) is 0 Å². The van der Waals surface area contributed by atoms with Crippen LogP contribution in [0.5, 0.6) is 0 Å².